The van der Waals surface area contributed by atoms with Crippen molar-refractivity contribution in [2.24, 2.45) is 0 Å². The van der Waals surface area contributed by atoms with Gasteiger partial charge in [-0.25, -0.2) is 9.18 Å². The lowest BCUT2D eigenvalue weighted by molar-refractivity contribution is 0.0600. The monoisotopic (exact) mass is 277 g/mol. The number of nitrogens with one attached hydrogen (secondary N) is 1. The molecule has 0 amide bonds. The van der Waals surface area contributed by atoms with E-state index < -0.39 is 5.97 Å². The van der Waals surface area contributed by atoms with Crippen LogP contribution in [0.3, 0.4) is 0 Å². The normalized spacial score (nSPS) is 12.2. The second-order valence-corrected chi connectivity index (χ2v) is 4.45. The Morgan fingerprint density at radius 3 is 2.95 bits per heavy atom. The van der Waals surface area contributed by atoms with Gasteiger partial charge in [-0.15, -0.1) is 0 Å². The standard InChI is InChI=1S/C15H16FNO3/c1-10(11-4-3-5-13(16)6-11)17-8-14-7-12(9-20-14)15(18)19-2/h3-7,9-10,17H,8H2,1-2H3. The molecule has 0 aliphatic heterocycles. The molecule has 1 aromatic carbocycles. The fraction of sp³-hybridized carbons (Fsp3) is 0.267. The molecule has 1 unspecified atom stereocenters. The molecule has 0 saturated carbocycles. The van der Waals surface area contributed by atoms with Gasteiger partial charge in [-0.1, -0.05) is 12.1 Å². The van der Waals surface area contributed by atoms with E-state index in [1.54, 1.807) is 12.1 Å². The molecule has 0 saturated heterocycles. The van der Waals surface area contributed by atoms with Crippen LogP contribution in [-0.2, 0) is 11.3 Å². The summed E-state index contributed by atoms with van der Waals surface area (Å²) in [6.45, 7) is 2.37. The van der Waals surface area contributed by atoms with E-state index in [4.69, 9.17) is 4.42 Å². The van der Waals surface area contributed by atoms with Gasteiger partial charge in [0, 0.05) is 6.04 Å². The second kappa shape index (κ2) is 6.34. The number of hydrogen-bond donors (Lipinski definition) is 1. The molecule has 0 aliphatic rings. The summed E-state index contributed by atoms with van der Waals surface area (Å²) >= 11 is 0. The number of methoxy groups -OCH3 is 1. The van der Waals surface area contributed by atoms with E-state index in [9.17, 15) is 9.18 Å². The minimum Gasteiger partial charge on any atom is -0.467 e. The van der Waals surface area contributed by atoms with Crippen molar-refractivity contribution in [3.05, 3.63) is 59.3 Å². The average molecular weight is 277 g/mol. The van der Waals surface area contributed by atoms with E-state index in [0.717, 1.165) is 5.56 Å². The van der Waals surface area contributed by atoms with Gasteiger partial charge in [0.05, 0.1) is 19.2 Å². The first-order valence-corrected chi connectivity index (χ1v) is 6.24. The Morgan fingerprint density at radius 1 is 1.45 bits per heavy atom. The summed E-state index contributed by atoms with van der Waals surface area (Å²) < 4.78 is 23.0. The largest absolute Gasteiger partial charge is 0.467 e. The molecule has 0 spiro atoms. The third-order valence-corrected chi connectivity index (χ3v) is 3.01. The lowest BCUT2D eigenvalue weighted by atomic mass is 10.1. The zero-order valence-electron chi connectivity index (χ0n) is 11.4. The van der Waals surface area contributed by atoms with Crippen LogP contribution < -0.4 is 5.32 Å². The molecular weight excluding hydrogens is 261 g/mol. The van der Waals surface area contributed by atoms with Crippen molar-refractivity contribution >= 4 is 5.97 Å². The highest BCUT2D eigenvalue weighted by Gasteiger charge is 2.11. The number of hydrogen-bond acceptors (Lipinski definition) is 4. The van der Waals surface area contributed by atoms with Crippen LogP contribution in [0.25, 0.3) is 0 Å². The highest BCUT2D eigenvalue weighted by atomic mass is 19.1. The topological polar surface area (TPSA) is 51.5 Å². The Morgan fingerprint density at radius 2 is 2.25 bits per heavy atom. The third kappa shape index (κ3) is 3.45. The molecule has 106 valence electrons. The molecular formula is C15H16FNO3. The SMILES string of the molecule is COC(=O)c1coc(CNC(C)c2cccc(F)c2)c1. The first-order valence-electron chi connectivity index (χ1n) is 6.24. The maximum atomic E-state index is 13.1. The van der Waals surface area contributed by atoms with Crippen LogP contribution in [0, 0.1) is 5.82 Å². The number of carbonyl (C=O) groups is 1. The summed E-state index contributed by atoms with van der Waals surface area (Å²) in [5, 5.41) is 3.20. The summed E-state index contributed by atoms with van der Waals surface area (Å²) in [6, 6.07) is 8.01. The smallest absolute Gasteiger partial charge is 0.341 e. The van der Waals surface area contributed by atoms with Gasteiger partial charge in [0.25, 0.3) is 0 Å². The van der Waals surface area contributed by atoms with Gasteiger partial charge in [-0.3, -0.25) is 0 Å². The highest BCUT2D eigenvalue weighted by molar-refractivity contribution is 5.88. The molecule has 5 heteroatoms. The van der Waals surface area contributed by atoms with Crippen molar-refractivity contribution in [1.29, 1.82) is 0 Å². The summed E-state index contributed by atoms with van der Waals surface area (Å²) in [5.41, 5.74) is 1.23. The lowest BCUT2D eigenvalue weighted by Gasteiger charge is -2.13. The summed E-state index contributed by atoms with van der Waals surface area (Å²) in [6.07, 6.45) is 1.36. The Labute approximate surface area is 116 Å². The number of ether oxygens (including phenoxy) is 1. The number of halogens is 1. The predicted molar refractivity (Wildman–Crippen MR) is 71.7 cm³/mol. The van der Waals surface area contributed by atoms with Crippen molar-refractivity contribution in [2.45, 2.75) is 19.5 Å². The van der Waals surface area contributed by atoms with Gasteiger partial charge in [-0.05, 0) is 30.7 Å². The Hall–Kier alpha value is -2.14. The molecule has 2 rings (SSSR count). The quantitative estimate of drug-likeness (QED) is 0.853. The van der Waals surface area contributed by atoms with Crippen LogP contribution in [0.2, 0.25) is 0 Å². The number of carbonyl (C=O) groups excluding carboxylic acids is 1. The van der Waals surface area contributed by atoms with Crippen molar-refractivity contribution in [1.82, 2.24) is 5.32 Å². The Balaban J connectivity index is 1.95. The van der Waals surface area contributed by atoms with Gasteiger partial charge in [-0.2, -0.15) is 0 Å². The maximum absolute atomic E-state index is 13.1. The van der Waals surface area contributed by atoms with Crippen LogP contribution in [0.1, 0.15) is 34.6 Å². The van der Waals surface area contributed by atoms with Gasteiger partial charge in [0.1, 0.15) is 17.8 Å². The molecule has 0 fully saturated rings. The zero-order chi connectivity index (χ0) is 14.5. The van der Waals surface area contributed by atoms with E-state index in [-0.39, 0.29) is 11.9 Å². The predicted octanol–water partition coefficient (Wildman–Crippen LogP) is 3.06. The van der Waals surface area contributed by atoms with Gasteiger partial charge >= 0.3 is 5.97 Å². The summed E-state index contributed by atoms with van der Waals surface area (Å²) in [5.74, 6) is -0.0750. The van der Waals surface area contributed by atoms with E-state index in [0.29, 0.717) is 17.9 Å². The van der Waals surface area contributed by atoms with E-state index in [2.05, 4.69) is 10.1 Å². The molecule has 1 aromatic heterocycles. The molecule has 0 bridgehead atoms. The van der Waals surface area contributed by atoms with Gasteiger partial charge < -0.3 is 14.5 Å². The molecule has 0 radical (unpaired) electrons. The second-order valence-electron chi connectivity index (χ2n) is 4.45. The fourth-order valence-corrected chi connectivity index (χ4v) is 1.85. The molecule has 1 atom stereocenters. The number of furan rings is 1. The molecule has 0 aliphatic carbocycles. The van der Waals surface area contributed by atoms with Crippen LogP contribution in [0.5, 0.6) is 0 Å². The molecule has 4 nitrogen and oxygen atoms in total. The van der Waals surface area contributed by atoms with Crippen molar-refractivity contribution < 1.29 is 18.3 Å². The minimum absolute atomic E-state index is 0.0302. The van der Waals surface area contributed by atoms with Crippen LogP contribution >= 0.6 is 0 Å². The van der Waals surface area contributed by atoms with Crippen LogP contribution in [0.4, 0.5) is 4.39 Å². The summed E-state index contributed by atoms with van der Waals surface area (Å²) in [7, 11) is 1.32. The molecule has 1 heterocycles. The molecule has 20 heavy (non-hydrogen) atoms. The number of rotatable bonds is 5. The van der Waals surface area contributed by atoms with E-state index in [1.165, 1.54) is 25.5 Å². The van der Waals surface area contributed by atoms with E-state index >= 15 is 0 Å². The maximum Gasteiger partial charge on any atom is 0.341 e. The van der Waals surface area contributed by atoms with E-state index in [1.807, 2.05) is 13.0 Å². The average Bonchev–Trinajstić information content (AvgIpc) is 2.92. The van der Waals surface area contributed by atoms with Crippen molar-refractivity contribution in [3.8, 4) is 0 Å². The number of benzene rings is 1. The Kier molecular flexibility index (Phi) is 4.53. The van der Waals surface area contributed by atoms with Crippen molar-refractivity contribution in [2.75, 3.05) is 7.11 Å². The minimum atomic E-state index is -0.432. The van der Waals surface area contributed by atoms with Gasteiger partial charge in [0.2, 0.25) is 0 Å². The molecule has 1 N–H and O–H groups in total. The zero-order valence-corrected chi connectivity index (χ0v) is 11.4. The van der Waals surface area contributed by atoms with Crippen molar-refractivity contribution in [3.63, 3.8) is 0 Å². The first kappa shape index (κ1) is 14.3. The third-order valence-electron chi connectivity index (χ3n) is 3.01. The lowest BCUT2D eigenvalue weighted by Crippen LogP contribution is -2.17. The Bertz CT molecular complexity index is 594. The van der Waals surface area contributed by atoms with Crippen LogP contribution in [-0.4, -0.2) is 13.1 Å². The molecule has 2 aromatic rings. The summed E-state index contributed by atoms with van der Waals surface area (Å²) in [4.78, 5) is 11.3. The number of esters is 1. The first-order chi connectivity index (χ1) is 9.60. The van der Waals surface area contributed by atoms with Gasteiger partial charge in [0.15, 0.2) is 0 Å². The highest BCUT2D eigenvalue weighted by Crippen LogP contribution is 2.15. The fourth-order valence-electron chi connectivity index (χ4n) is 1.85. The van der Waals surface area contributed by atoms with Crippen LogP contribution in [0.15, 0.2) is 41.0 Å².